The van der Waals surface area contributed by atoms with Gasteiger partial charge in [0.05, 0.1) is 17.4 Å². The number of anilines is 1. The Bertz CT molecular complexity index is 530. The Kier molecular flexibility index (Phi) is 3.11. The van der Waals surface area contributed by atoms with Gasteiger partial charge in [0, 0.05) is 25.1 Å². The number of aromatic nitrogens is 2. The molecule has 1 saturated heterocycles. The molecule has 0 spiro atoms. The van der Waals surface area contributed by atoms with Gasteiger partial charge in [-0.25, -0.2) is 0 Å². The summed E-state index contributed by atoms with van der Waals surface area (Å²) in [5, 5.41) is 18.6. The first kappa shape index (κ1) is 11.4. The third-order valence-corrected chi connectivity index (χ3v) is 3.74. The van der Waals surface area contributed by atoms with Crippen molar-refractivity contribution in [1.82, 2.24) is 10.2 Å². The molecule has 2 aromatic rings. The molecule has 0 amide bonds. The second kappa shape index (κ2) is 4.90. The number of hydrogen-bond donors (Lipinski definition) is 1. The minimum Gasteiger partial charge on any atom is -0.396 e. The average molecular weight is 243 g/mol. The monoisotopic (exact) mass is 243 g/mol. The lowest BCUT2D eigenvalue weighted by atomic mass is 9.97. The number of benzene rings is 1. The molecule has 18 heavy (non-hydrogen) atoms. The zero-order valence-corrected chi connectivity index (χ0v) is 10.3. The molecule has 94 valence electrons. The molecule has 3 rings (SSSR count). The van der Waals surface area contributed by atoms with Gasteiger partial charge in [0.25, 0.3) is 0 Å². The first-order valence-electron chi connectivity index (χ1n) is 6.44. The van der Waals surface area contributed by atoms with Crippen molar-refractivity contribution >= 4 is 16.6 Å². The van der Waals surface area contributed by atoms with Crippen molar-refractivity contribution in [2.75, 3.05) is 24.6 Å². The molecule has 0 saturated carbocycles. The third-order valence-electron chi connectivity index (χ3n) is 3.74. The second-order valence-corrected chi connectivity index (χ2v) is 4.86. The topological polar surface area (TPSA) is 49.2 Å². The summed E-state index contributed by atoms with van der Waals surface area (Å²) >= 11 is 0. The van der Waals surface area contributed by atoms with Crippen LogP contribution < -0.4 is 4.90 Å². The number of nitrogens with zero attached hydrogens (tertiary/aromatic N) is 3. The van der Waals surface area contributed by atoms with E-state index in [-0.39, 0.29) is 0 Å². The highest BCUT2D eigenvalue weighted by Crippen LogP contribution is 2.28. The van der Waals surface area contributed by atoms with Gasteiger partial charge in [0.15, 0.2) is 0 Å². The molecule has 0 radical (unpaired) electrons. The summed E-state index contributed by atoms with van der Waals surface area (Å²) in [5.41, 5.74) is 2.11. The maximum atomic E-state index is 9.18. The predicted octanol–water partition coefficient (Wildman–Crippen LogP) is 1.84. The van der Waals surface area contributed by atoms with Crippen LogP contribution in [0.5, 0.6) is 0 Å². The molecule has 0 unspecified atom stereocenters. The zero-order valence-electron chi connectivity index (χ0n) is 10.3. The first-order valence-corrected chi connectivity index (χ1v) is 6.44. The standard InChI is InChI=1S/C14H17N3O/c18-10-11-5-7-17(8-6-11)14-9-15-16-13-4-2-1-3-12(13)14/h1-4,9,11,18H,5-8,10H2. The summed E-state index contributed by atoms with van der Waals surface area (Å²) in [6.07, 6.45) is 3.95. The Morgan fingerprint density at radius 1 is 1.22 bits per heavy atom. The van der Waals surface area contributed by atoms with E-state index in [1.807, 2.05) is 24.4 Å². The van der Waals surface area contributed by atoms with E-state index >= 15 is 0 Å². The molecular formula is C14H17N3O. The number of fused-ring (bicyclic) bond motifs is 1. The fourth-order valence-corrected chi connectivity index (χ4v) is 2.60. The lowest BCUT2D eigenvalue weighted by Crippen LogP contribution is -2.34. The van der Waals surface area contributed by atoms with Gasteiger partial charge in [-0.3, -0.25) is 0 Å². The van der Waals surface area contributed by atoms with Crippen molar-refractivity contribution in [2.24, 2.45) is 5.92 Å². The van der Waals surface area contributed by atoms with Crippen molar-refractivity contribution < 1.29 is 5.11 Å². The van der Waals surface area contributed by atoms with E-state index in [2.05, 4.69) is 21.2 Å². The zero-order chi connectivity index (χ0) is 12.4. The predicted molar refractivity (Wildman–Crippen MR) is 71.6 cm³/mol. The smallest absolute Gasteiger partial charge is 0.0950 e. The van der Waals surface area contributed by atoms with Crippen molar-refractivity contribution in [3.8, 4) is 0 Å². The Balaban J connectivity index is 1.91. The van der Waals surface area contributed by atoms with Crippen LogP contribution in [0.15, 0.2) is 30.5 Å². The van der Waals surface area contributed by atoms with Crippen LogP contribution in [0.25, 0.3) is 10.9 Å². The summed E-state index contributed by atoms with van der Waals surface area (Å²) in [7, 11) is 0. The number of aliphatic hydroxyl groups is 1. The highest BCUT2D eigenvalue weighted by atomic mass is 16.3. The quantitative estimate of drug-likeness (QED) is 0.874. The molecule has 1 aliphatic rings. The number of hydrogen-bond acceptors (Lipinski definition) is 4. The molecule has 4 heteroatoms. The molecule has 1 aliphatic heterocycles. The normalized spacial score (nSPS) is 17.3. The van der Waals surface area contributed by atoms with E-state index in [0.29, 0.717) is 12.5 Å². The van der Waals surface area contributed by atoms with Crippen LogP contribution in [-0.4, -0.2) is 35.0 Å². The Hall–Kier alpha value is -1.68. The van der Waals surface area contributed by atoms with E-state index < -0.39 is 0 Å². The van der Waals surface area contributed by atoms with Crippen molar-refractivity contribution in [1.29, 1.82) is 0 Å². The molecule has 0 aliphatic carbocycles. The molecule has 0 bridgehead atoms. The SMILES string of the molecule is OCC1CCN(c2cnnc3ccccc23)CC1. The van der Waals surface area contributed by atoms with Crippen LogP contribution in [0.3, 0.4) is 0 Å². The van der Waals surface area contributed by atoms with E-state index in [1.165, 1.54) is 0 Å². The van der Waals surface area contributed by atoms with Crippen LogP contribution in [0.1, 0.15) is 12.8 Å². The van der Waals surface area contributed by atoms with Gasteiger partial charge in [0.2, 0.25) is 0 Å². The van der Waals surface area contributed by atoms with Gasteiger partial charge >= 0.3 is 0 Å². The number of rotatable bonds is 2. The molecule has 1 aromatic heterocycles. The van der Waals surface area contributed by atoms with Crippen LogP contribution >= 0.6 is 0 Å². The molecule has 1 N–H and O–H groups in total. The van der Waals surface area contributed by atoms with Gasteiger partial charge in [0.1, 0.15) is 0 Å². The summed E-state index contributed by atoms with van der Waals surface area (Å²) in [6, 6.07) is 8.11. The van der Waals surface area contributed by atoms with Crippen molar-refractivity contribution in [3.63, 3.8) is 0 Å². The Labute approximate surface area is 106 Å². The maximum Gasteiger partial charge on any atom is 0.0950 e. The molecule has 1 aromatic carbocycles. The first-order chi connectivity index (χ1) is 8.88. The summed E-state index contributed by atoms with van der Waals surface area (Å²) in [5.74, 6) is 0.460. The van der Waals surface area contributed by atoms with E-state index in [4.69, 9.17) is 0 Å². The lowest BCUT2D eigenvalue weighted by molar-refractivity contribution is 0.203. The third kappa shape index (κ3) is 2.04. The Morgan fingerprint density at radius 2 is 2.00 bits per heavy atom. The van der Waals surface area contributed by atoms with Gasteiger partial charge < -0.3 is 10.0 Å². The Morgan fingerprint density at radius 3 is 2.78 bits per heavy atom. The van der Waals surface area contributed by atoms with Crippen molar-refractivity contribution in [3.05, 3.63) is 30.5 Å². The van der Waals surface area contributed by atoms with Gasteiger partial charge in [-0.1, -0.05) is 18.2 Å². The van der Waals surface area contributed by atoms with Crippen LogP contribution in [0.4, 0.5) is 5.69 Å². The van der Waals surface area contributed by atoms with E-state index in [1.54, 1.807) is 0 Å². The van der Waals surface area contributed by atoms with Crippen LogP contribution in [-0.2, 0) is 0 Å². The minimum absolute atomic E-state index is 0.309. The number of aliphatic hydroxyl groups excluding tert-OH is 1. The van der Waals surface area contributed by atoms with Crippen molar-refractivity contribution in [2.45, 2.75) is 12.8 Å². The molecular weight excluding hydrogens is 226 g/mol. The summed E-state index contributed by atoms with van der Waals surface area (Å²) < 4.78 is 0. The maximum absolute atomic E-state index is 9.18. The largest absolute Gasteiger partial charge is 0.396 e. The summed E-state index contributed by atoms with van der Waals surface area (Å²) in [6.45, 7) is 2.28. The highest BCUT2D eigenvalue weighted by Gasteiger charge is 2.20. The van der Waals surface area contributed by atoms with Gasteiger partial charge in [-0.2, -0.15) is 10.2 Å². The second-order valence-electron chi connectivity index (χ2n) is 4.86. The number of piperidine rings is 1. The molecule has 4 nitrogen and oxygen atoms in total. The van der Waals surface area contributed by atoms with E-state index in [0.717, 1.165) is 42.5 Å². The van der Waals surface area contributed by atoms with E-state index in [9.17, 15) is 5.11 Å². The summed E-state index contributed by atoms with van der Waals surface area (Å²) in [4.78, 5) is 2.35. The average Bonchev–Trinajstić information content (AvgIpc) is 2.47. The van der Waals surface area contributed by atoms with Crippen LogP contribution in [0.2, 0.25) is 0 Å². The molecule has 2 heterocycles. The molecule has 0 atom stereocenters. The fraction of sp³-hybridized carbons (Fsp3) is 0.429. The fourth-order valence-electron chi connectivity index (χ4n) is 2.60. The van der Waals surface area contributed by atoms with Gasteiger partial charge in [-0.15, -0.1) is 0 Å². The highest BCUT2D eigenvalue weighted by molar-refractivity contribution is 5.90. The lowest BCUT2D eigenvalue weighted by Gasteiger charge is -2.33. The van der Waals surface area contributed by atoms with Gasteiger partial charge in [-0.05, 0) is 24.8 Å². The minimum atomic E-state index is 0.309. The molecule has 1 fully saturated rings. The van der Waals surface area contributed by atoms with Crippen LogP contribution in [0, 0.1) is 5.92 Å².